The summed E-state index contributed by atoms with van der Waals surface area (Å²) >= 11 is 1.44. The summed E-state index contributed by atoms with van der Waals surface area (Å²) in [5.74, 6) is 0.219. The van der Waals surface area contributed by atoms with Crippen molar-refractivity contribution in [1.29, 1.82) is 0 Å². The number of hydrogen-bond acceptors (Lipinski definition) is 4. The first-order chi connectivity index (χ1) is 9.52. The molecule has 0 atom stereocenters. The minimum absolute atomic E-state index is 0.0427. The molecule has 0 bridgehead atoms. The van der Waals surface area contributed by atoms with Gasteiger partial charge in [-0.25, -0.2) is 13.1 Å². The predicted octanol–water partition coefficient (Wildman–Crippen LogP) is 1.68. The lowest BCUT2D eigenvalue weighted by atomic mass is 10.1. The number of nitrogens with zero attached hydrogens (tertiary/aromatic N) is 1. The van der Waals surface area contributed by atoms with Crippen molar-refractivity contribution < 1.29 is 13.2 Å². The van der Waals surface area contributed by atoms with Crippen LogP contribution in [0.4, 0.5) is 0 Å². The van der Waals surface area contributed by atoms with Gasteiger partial charge in [-0.2, -0.15) is 0 Å². The molecule has 5 nitrogen and oxygen atoms in total. The molecule has 7 heteroatoms. The van der Waals surface area contributed by atoms with Crippen LogP contribution in [0.1, 0.15) is 35.9 Å². The Morgan fingerprint density at radius 3 is 2.70 bits per heavy atom. The lowest BCUT2D eigenvalue weighted by Gasteiger charge is -2.32. The lowest BCUT2D eigenvalue weighted by molar-refractivity contribution is 0.0716. The largest absolute Gasteiger partial charge is 0.338 e. The molecule has 1 fully saturated rings. The molecular weight excluding hydrogens is 296 g/mol. The lowest BCUT2D eigenvalue weighted by Crippen LogP contribution is -2.46. The summed E-state index contributed by atoms with van der Waals surface area (Å²) in [6.45, 7) is 3.06. The number of piperidine rings is 1. The van der Waals surface area contributed by atoms with Gasteiger partial charge < -0.3 is 4.90 Å². The maximum absolute atomic E-state index is 12.2. The van der Waals surface area contributed by atoms with Crippen LogP contribution in [0.3, 0.4) is 0 Å². The van der Waals surface area contributed by atoms with E-state index < -0.39 is 10.0 Å². The highest BCUT2D eigenvalue weighted by Crippen LogP contribution is 2.17. The Hall–Kier alpha value is -0.920. The summed E-state index contributed by atoms with van der Waals surface area (Å²) in [6.07, 6.45) is 1.98. The highest BCUT2D eigenvalue weighted by atomic mass is 32.2. The number of thiophene rings is 1. The average Bonchev–Trinajstić information content (AvgIpc) is 2.92. The van der Waals surface area contributed by atoms with Gasteiger partial charge in [0.1, 0.15) is 0 Å². The van der Waals surface area contributed by atoms with E-state index >= 15 is 0 Å². The van der Waals surface area contributed by atoms with Gasteiger partial charge in [0.15, 0.2) is 0 Å². The van der Waals surface area contributed by atoms with Crippen molar-refractivity contribution in [3.63, 3.8) is 0 Å². The van der Waals surface area contributed by atoms with E-state index in [4.69, 9.17) is 0 Å². The molecule has 20 heavy (non-hydrogen) atoms. The van der Waals surface area contributed by atoms with Gasteiger partial charge in [-0.1, -0.05) is 13.0 Å². The Kier molecular flexibility index (Phi) is 5.17. The van der Waals surface area contributed by atoms with E-state index in [1.54, 1.807) is 4.90 Å². The zero-order valence-corrected chi connectivity index (χ0v) is 13.2. The fourth-order valence-electron chi connectivity index (χ4n) is 2.34. The average molecular weight is 316 g/mol. The number of nitrogens with one attached hydrogen (secondary N) is 1. The highest BCUT2D eigenvalue weighted by molar-refractivity contribution is 7.89. The number of carbonyl (C=O) groups is 1. The van der Waals surface area contributed by atoms with Gasteiger partial charge in [-0.05, 0) is 30.7 Å². The molecule has 1 amide bonds. The summed E-state index contributed by atoms with van der Waals surface area (Å²) in [5.41, 5.74) is 0. The molecule has 112 valence electrons. The van der Waals surface area contributed by atoms with Gasteiger partial charge in [0.05, 0.1) is 10.6 Å². The molecule has 1 aromatic heterocycles. The molecule has 1 aliphatic heterocycles. The van der Waals surface area contributed by atoms with Crippen LogP contribution < -0.4 is 4.72 Å². The molecule has 2 rings (SSSR count). The van der Waals surface area contributed by atoms with E-state index in [-0.39, 0.29) is 17.7 Å². The van der Waals surface area contributed by atoms with Gasteiger partial charge in [-0.3, -0.25) is 4.79 Å². The van der Waals surface area contributed by atoms with Crippen LogP contribution in [0, 0.1) is 0 Å². The number of hydrogen-bond donors (Lipinski definition) is 1. The van der Waals surface area contributed by atoms with Gasteiger partial charge in [0.25, 0.3) is 5.91 Å². The summed E-state index contributed by atoms with van der Waals surface area (Å²) in [6, 6.07) is 3.64. The molecule has 0 aromatic carbocycles. The summed E-state index contributed by atoms with van der Waals surface area (Å²) < 4.78 is 26.1. The van der Waals surface area contributed by atoms with E-state index in [0.29, 0.717) is 32.4 Å². The maximum atomic E-state index is 12.2. The van der Waals surface area contributed by atoms with Crippen molar-refractivity contribution >= 4 is 27.3 Å². The number of carbonyl (C=O) groups excluding carboxylic acids is 1. The van der Waals surface area contributed by atoms with Crippen molar-refractivity contribution in [3.8, 4) is 0 Å². The molecule has 1 N–H and O–H groups in total. The van der Waals surface area contributed by atoms with E-state index in [9.17, 15) is 13.2 Å². The summed E-state index contributed by atoms with van der Waals surface area (Å²) in [4.78, 5) is 14.7. The van der Waals surface area contributed by atoms with E-state index in [2.05, 4.69) is 4.72 Å². The third-order valence-corrected chi connectivity index (χ3v) is 5.83. The summed E-state index contributed by atoms with van der Waals surface area (Å²) in [7, 11) is -3.16. The van der Waals surface area contributed by atoms with Crippen LogP contribution in [0.5, 0.6) is 0 Å². The first kappa shape index (κ1) is 15.5. The predicted molar refractivity (Wildman–Crippen MR) is 80.5 cm³/mol. The second-order valence-corrected chi connectivity index (χ2v) is 7.80. The van der Waals surface area contributed by atoms with Crippen molar-refractivity contribution in [3.05, 3.63) is 22.4 Å². The Balaban J connectivity index is 1.85. The van der Waals surface area contributed by atoms with Crippen LogP contribution in [0.2, 0.25) is 0 Å². The molecular formula is C13H20N2O3S2. The Morgan fingerprint density at radius 2 is 2.15 bits per heavy atom. The number of amides is 1. The molecule has 0 spiro atoms. The Labute approximate surface area is 124 Å². The molecule has 1 aliphatic rings. The normalized spacial score (nSPS) is 17.4. The first-order valence-electron chi connectivity index (χ1n) is 6.84. The Morgan fingerprint density at radius 1 is 1.45 bits per heavy atom. The summed E-state index contributed by atoms with van der Waals surface area (Å²) in [5, 5.41) is 1.89. The van der Waals surface area contributed by atoms with Gasteiger partial charge >= 0.3 is 0 Å². The molecule has 1 aromatic rings. The minimum Gasteiger partial charge on any atom is -0.338 e. The SMILES string of the molecule is CCCS(=O)(=O)NC1CCN(C(=O)c2cccs2)CC1. The van der Waals surface area contributed by atoms with Gasteiger partial charge in [-0.15, -0.1) is 11.3 Å². The highest BCUT2D eigenvalue weighted by Gasteiger charge is 2.26. The molecule has 0 aliphatic carbocycles. The molecule has 0 radical (unpaired) electrons. The van der Waals surface area contributed by atoms with Gasteiger partial charge in [0, 0.05) is 19.1 Å². The van der Waals surface area contributed by atoms with Crippen LogP contribution in [-0.4, -0.2) is 44.1 Å². The third kappa shape index (κ3) is 4.04. The first-order valence-corrected chi connectivity index (χ1v) is 9.38. The fraction of sp³-hybridized carbons (Fsp3) is 0.615. The molecule has 2 heterocycles. The third-order valence-electron chi connectivity index (χ3n) is 3.33. The maximum Gasteiger partial charge on any atom is 0.263 e. The zero-order valence-electron chi connectivity index (χ0n) is 11.5. The number of rotatable bonds is 5. The van der Waals surface area contributed by atoms with E-state index in [0.717, 1.165) is 4.88 Å². The van der Waals surface area contributed by atoms with Crippen LogP contribution in [-0.2, 0) is 10.0 Å². The topological polar surface area (TPSA) is 66.5 Å². The van der Waals surface area contributed by atoms with Gasteiger partial charge in [0.2, 0.25) is 10.0 Å². The Bertz CT molecular complexity index is 532. The van der Waals surface area contributed by atoms with E-state index in [1.807, 2.05) is 24.4 Å². The minimum atomic E-state index is -3.16. The smallest absolute Gasteiger partial charge is 0.263 e. The van der Waals surface area contributed by atoms with Crippen LogP contribution in [0.25, 0.3) is 0 Å². The van der Waals surface area contributed by atoms with Crippen LogP contribution >= 0.6 is 11.3 Å². The molecule has 0 saturated carbocycles. The monoisotopic (exact) mass is 316 g/mol. The number of sulfonamides is 1. The number of likely N-dealkylation sites (tertiary alicyclic amines) is 1. The van der Waals surface area contributed by atoms with Crippen molar-refractivity contribution in [2.45, 2.75) is 32.2 Å². The molecule has 1 saturated heterocycles. The van der Waals surface area contributed by atoms with Crippen molar-refractivity contribution in [2.75, 3.05) is 18.8 Å². The standard InChI is InChI=1S/C13H20N2O3S2/c1-2-10-20(17,18)14-11-5-7-15(8-6-11)13(16)12-4-3-9-19-12/h3-4,9,11,14H,2,5-8,10H2,1H3. The van der Waals surface area contributed by atoms with E-state index in [1.165, 1.54) is 11.3 Å². The quantitative estimate of drug-likeness (QED) is 0.899. The van der Waals surface area contributed by atoms with Crippen molar-refractivity contribution in [1.82, 2.24) is 9.62 Å². The fourth-order valence-corrected chi connectivity index (χ4v) is 4.43. The second-order valence-electron chi connectivity index (χ2n) is 4.98. The molecule has 0 unspecified atom stereocenters. The second kappa shape index (κ2) is 6.69. The van der Waals surface area contributed by atoms with Crippen molar-refractivity contribution in [2.24, 2.45) is 0 Å². The zero-order chi connectivity index (χ0) is 14.6. The van der Waals surface area contributed by atoms with Crippen LogP contribution in [0.15, 0.2) is 17.5 Å².